The second-order valence-electron chi connectivity index (χ2n) is 4.71. The van der Waals surface area contributed by atoms with Gasteiger partial charge < -0.3 is 4.90 Å². The molecule has 0 amide bonds. The quantitative estimate of drug-likeness (QED) is 0.675. The summed E-state index contributed by atoms with van der Waals surface area (Å²) in [5.41, 5.74) is 5.77. The molecule has 1 aromatic carbocycles. The van der Waals surface area contributed by atoms with Gasteiger partial charge in [-0.1, -0.05) is 11.6 Å². The van der Waals surface area contributed by atoms with E-state index in [2.05, 4.69) is 62.7 Å². The van der Waals surface area contributed by atoms with E-state index in [1.807, 2.05) is 0 Å². The molecule has 2 heterocycles. The third-order valence-corrected chi connectivity index (χ3v) is 4.54. The van der Waals surface area contributed by atoms with Crippen LogP contribution in [0, 0.1) is 6.92 Å². The molecule has 0 radical (unpaired) electrons. The lowest BCUT2D eigenvalue weighted by Crippen LogP contribution is -2.26. The standard InChI is InChI=1S/C13H15IN2/c1-9-3-4-12-11(7-9)10-5-6-15(2)8-13(10)16(12)14/h3-4,7H,5-6,8H2,1-2H3. The molecule has 0 unspecified atom stereocenters. The third-order valence-electron chi connectivity index (χ3n) is 3.44. The second-order valence-corrected chi connectivity index (χ2v) is 5.68. The number of fused-ring (bicyclic) bond motifs is 3. The van der Waals surface area contributed by atoms with Crippen LogP contribution in [0.15, 0.2) is 18.2 Å². The van der Waals surface area contributed by atoms with Crippen LogP contribution in [0.5, 0.6) is 0 Å². The van der Waals surface area contributed by atoms with Crippen molar-refractivity contribution in [3.05, 3.63) is 35.0 Å². The first-order chi connectivity index (χ1) is 7.66. The Balaban J connectivity index is 2.32. The number of likely N-dealkylation sites (N-methyl/N-ethyl adjacent to an activating group) is 1. The number of hydrogen-bond donors (Lipinski definition) is 0. The summed E-state index contributed by atoms with van der Waals surface area (Å²) in [7, 11) is 2.20. The van der Waals surface area contributed by atoms with Crippen LogP contribution in [-0.2, 0) is 13.0 Å². The third kappa shape index (κ3) is 1.49. The van der Waals surface area contributed by atoms with Crippen molar-refractivity contribution in [3.63, 3.8) is 0 Å². The van der Waals surface area contributed by atoms with Crippen LogP contribution >= 0.6 is 22.9 Å². The Hall–Kier alpha value is -0.550. The minimum absolute atomic E-state index is 1.08. The van der Waals surface area contributed by atoms with Crippen molar-refractivity contribution >= 4 is 33.8 Å². The fraction of sp³-hybridized carbons (Fsp3) is 0.385. The predicted octanol–water partition coefficient (Wildman–Crippen LogP) is 3.14. The number of benzene rings is 1. The van der Waals surface area contributed by atoms with Gasteiger partial charge in [0.25, 0.3) is 0 Å². The highest BCUT2D eigenvalue weighted by Gasteiger charge is 2.21. The van der Waals surface area contributed by atoms with Gasteiger partial charge >= 0.3 is 0 Å². The Morgan fingerprint density at radius 3 is 2.94 bits per heavy atom. The van der Waals surface area contributed by atoms with Gasteiger partial charge in [-0.15, -0.1) is 0 Å². The van der Waals surface area contributed by atoms with Crippen LogP contribution in [0.3, 0.4) is 0 Å². The lowest BCUT2D eigenvalue weighted by atomic mass is 10.0. The van der Waals surface area contributed by atoms with Crippen LogP contribution < -0.4 is 0 Å². The molecule has 0 saturated carbocycles. The van der Waals surface area contributed by atoms with Gasteiger partial charge in [-0.05, 0) is 38.1 Å². The van der Waals surface area contributed by atoms with Gasteiger partial charge in [0, 0.05) is 24.2 Å². The fourth-order valence-electron chi connectivity index (χ4n) is 2.56. The van der Waals surface area contributed by atoms with Crippen LogP contribution in [0.2, 0.25) is 0 Å². The molecule has 0 fully saturated rings. The Bertz CT molecular complexity index is 557. The normalized spacial score (nSPS) is 16.7. The number of rotatable bonds is 0. The average Bonchev–Trinajstić information content (AvgIpc) is 2.52. The van der Waals surface area contributed by atoms with E-state index in [9.17, 15) is 0 Å². The van der Waals surface area contributed by atoms with E-state index in [-0.39, 0.29) is 0 Å². The van der Waals surface area contributed by atoms with E-state index in [1.54, 1.807) is 5.56 Å². The summed E-state index contributed by atoms with van der Waals surface area (Å²) in [5.74, 6) is 0. The zero-order valence-electron chi connectivity index (χ0n) is 9.63. The monoisotopic (exact) mass is 326 g/mol. The molecule has 1 aliphatic heterocycles. The van der Waals surface area contributed by atoms with E-state index in [0.717, 1.165) is 6.54 Å². The lowest BCUT2D eigenvalue weighted by molar-refractivity contribution is 0.309. The molecule has 2 nitrogen and oxygen atoms in total. The first kappa shape index (κ1) is 10.6. The van der Waals surface area contributed by atoms with Gasteiger partial charge in [-0.3, -0.25) is 2.78 Å². The summed E-state index contributed by atoms with van der Waals surface area (Å²) in [4.78, 5) is 2.39. The van der Waals surface area contributed by atoms with E-state index in [4.69, 9.17) is 0 Å². The number of hydrogen-bond acceptors (Lipinski definition) is 1. The molecule has 2 aromatic rings. The summed E-state index contributed by atoms with van der Waals surface area (Å²) in [5, 5.41) is 1.46. The van der Waals surface area contributed by atoms with Crippen molar-refractivity contribution in [1.29, 1.82) is 0 Å². The van der Waals surface area contributed by atoms with Crippen molar-refractivity contribution in [3.8, 4) is 0 Å². The van der Waals surface area contributed by atoms with Gasteiger partial charge in [-0.25, -0.2) is 0 Å². The van der Waals surface area contributed by atoms with Crippen LogP contribution in [0.25, 0.3) is 10.9 Å². The smallest absolute Gasteiger partial charge is 0.0643 e. The molecule has 1 aliphatic rings. The summed E-state index contributed by atoms with van der Waals surface area (Å²) < 4.78 is 2.33. The first-order valence-corrected chi connectivity index (χ1v) is 6.61. The molecule has 0 spiro atoms. The SMILES string of the molecule is Cc1ccc2c(c1)c1c(n2I)CN(C)CC1. The van der Waals surface area contributed by atoms with Gasteiger partial charge in [-0.2, -0.15) is 0 Å². The van der Waals surface area contributed by atoms with Crippen molar-refractivity contribution < 1.29 is 0 Å². The second kappa shape index (κ2) is 3.74. The molecular weight excluding hydrogens is 311 g/mol. The molecule has 0 N–H and O–H groups in total. The Labute approximate surface area is 110 Å². The van der Waals surface area contributed by atoms with Crippen molar-refractivity contribution in [2.24, 2.45) is 0 Å². The molecule has 0 saturated heterocycles. The summed E-state index contributed by atoms with van der Waals surface area (Å²) in [6, 6.07) is 6.77. The van der Waals surface area contributed by atoms with Crippen LogP contribution in [0.1, 0.15) is 16.8 Å². The molecular formula is C13H15IN2. The summed E-state index contributed by atoms with van der Waals surface area (Å²) in [6.07, 6.45) is 1.18. The highest BCUT2D eigenvalue weighted by Crippen LogP contribution is 2.32. The van der Waals surface area contributed by atoms with Crippen molar-refractivity contribution in [2.75, 3.05) is 13.6 Å². The van der Waals surface area contributed by atoms with Crippen molar-refractivity contribution in [1.82, 2.24) is 7.68 Å². The van der Waals surface area contributed by atoms with E-state index in [0.29, 0.717) is 0 Å². The Morgan fingerprint density at radius 1 is 1.31 bits per heavy atom. The number of aryl methyl sites for hydroxylation is 1. The van der Waals surface area contributed by atoms with E-state index in [1.165, 1.54) is 35.1 Å². The molecule has 0 atom stereocenters. The summed E-state index contributed by atoms with van der Waals surface area (Å²) in [6.45, 7) is 4.42. The number of halogens is 1. The molecule has 16 heavy (non-hydrogen) atoms. The van der Waals surface area contributed by atoms with Crippen LogP contribution in [0.4, 0.5) is 0 Å². The molecule has 3 heteroatoms. The fourth-order valence-corrected chi connectivity index (χ4v) is 3.42. The maximum absolute atomic E-state index is 2.43. The number of nitrogens with zero attached hydrogens (tertiary/aromatic N) is 2. The number of aromatic nitrogens is 1. The zero-order chi connectivity index (χ0) is 11.3. The van der Waals surface area contributed by atoms with E-state index < -0.39 is 0 Å². The largest absolute Gasteiger partial charge is 0.300 e. The maximum Gasteiger partial charge on any atom is 0.0643 e. The lowest BCUT2D eigenvalue weighted by Gasteiger charge is -2.23. The van der Waals surface area contributed by atoms with Gasteiger partial charge in [0.2, 0.25) is 0 Å². The Morgan fingerprint density at radius 2 is 2.12 bits per heavy atom. The molecule has 1 aromatic heterocycles. The minimum Gasteiger partial charge on any atom is -0.300 e. The van der Waals surface area contributed by atoms with Gasteiger partial charge in [0.05, 0.1) is 28.4 Å². The van der Waals surface area contributed by atoms with E-state index >= 15 is 0 Å². The molecule has 0 bridgehead atoms. The highest BCUT2D eigenvalue weighted by atomic mass is 127. The predicted molar refractivity (Wildman–Crippen MR) is 76.1 cm³/mol. The van der Waals surface area contributed by atoms with Crippen molar-refractivity contribution in [2.45, 2.75) is 19.9 Å². The van der Waals surface area contributed by atoms with Crippen LogP contribution in [-0.4, -0.2) is 21.3 Å². The first-order valence-electron chi connectivity index (χ1n) is 5.64. The Kier molecular flexibility index (Phi) is 2.47. The topological polar surface area (TPSA) is 8.17 Å². The highest BCUT2D eigenvalue weighted by molar-refractivity contribution is 14.1. The maximum atomic E-state index is 2.43. The van der Waals surface area contributed by atoms with Gasteiger partial charge in [0.1, 0.15) is 0 Å². The molecule has 3 rings (SSSR count). The summed E-state index contributed by atoms with van der Waals surface area (Å²) >= 11 is 2.43. The van der Waals surface area contributed by atoms with Gasteiger partial charge in [0.15, 0.2) is 0 Å². The average molecular weight is 326 g/mol. The molecule has 84 valence electrons. The molecule has 0 aliphatic carbocycles. The zero-order valence-corrected chi connectivity index (χ0v) is 11.8. The minimum atomic E-state index is 1.08.